The van der Waals surface area contributed by atoms with Crippen molar-refractivity contribution in [3.8, 4) is 0 Å². The van der Waals surface area contributed by atoms with Crippen LogP contribution in [0.4, 0.5) is 0 Å². The Kier molecular flexibility index (Phi) is 4.78. The molecule has 18 heavy (non-hydrogen) atoms. The quantitative estimate of drug-likeness (QED) is 0.795. The monoisotopic (exact) mass is 250 g/mol. The van der Waals surface area contributed by atoms with Crippen LogP contribution in [0.15, 0.2) is 12.4 Å². The van der Waals surface area contributed by atoms with E-state index in [1.807, 2.05) is 12.4 Å². The van der Waals surface area contributed by atoms with E-state index in [-0.39, 0.29) is 0 Å². The van der Waals surface area contributed by atoms with Crippen molar-refractivity contribution < 1.29 is 0 Å². The van der Waals surface area contributed by atoms with Gasteiger partial charge in [0.1, 0.15) is 5.82 Å². The van der Waals surface area contributed by atoms with Gasteiger partial charge in [0, 0.05) is 25.5 Å². The molecule has 0 spiro atoms. The summed E-state index contributed by atoms with van der Waals surface area (Å²) < 4.78 is 2.14. The molecule has 1 saturated heterocycles. The fourth-order valence-electron chi connectivity index (χ4n) is 2.73. The highest BCUT2D eigenvalue weighted by Crippen LogP contribution is 2.21. The smallest absolute Gasteiger partial charge is 0.122 e. The third-order valence-corrected chi connectivity index (χ3v) is 3.92. The van der Waals surface area contributed by atoms with Crippen LogP contribution in [0.2, 0.25) is 0 Å². The van der Waals surface area contributed by atoms with E-state index < -0.39 is 0 Å². The SMILES string of the molecule is CN(C)CCC1CCCCN1Cc1nccn1C. The molecule has 4 heteroatoms. The van der Waals surface area contributed by atoms with Gasteiger partial charge in [-0.1, -0.05) is 6.42 Å². The lowest BCUT2D eigenvalue weighted by Gasteiger charge is -2.36. The number of likely N-dealkylation sites (tertiary alicyclic amines) is 1. The fourth-order valence-corrected chi connectivity index (χ4v) is 2.73. The molecule has 0 saturated carbocycles. The Morgan fingerprint density at radius 3 is 2.89 bits per heavy atom. The van der Waals surface area contributed by atoms with Crippen molar-refractivity contribution >= 4 is 0 Å². The van der Waals surface area contributed by atoms with E-state index in [1.54, 1.807) is 0 Å². The zero-order chi connectivity index (χ0) is 13.0. The molecule has 0 aliphatic carbocycles. The number of rotatable bonds is 5. The number of imidazole rings is 1. The molecule has 0 bridgehead atoms. The summed E-state index contributed by atoms with van der Waals surface area (Å²) in [5.41, 5.74) is 0. The molecular weight excluding hydrogens is 224 g/mol. The normalized spacial score (nSPS) is 21.7. The van der Waals surface area contributed by atoms with Crippen LogP contribution in [0.25, 0.3) is 0 Å². The van der Waals surface area contributed by atoms with Gasteiger partial charge in [-0.15, -0.1) is 0 Å². The van der Waals surface area contributed by atoms with E-state index in [2.05, 4.69) is 40.5 Å². The topological polar surface area (TPSA) is 24.3 Å². The Hall–Kier alpha value is -0.870. The van der Waals surface area contributed by atoms with Crippen LogP contribution in [0, 0.1) is 0 Å². The first-order valence-electron chi connectivity index (χ1n) is 7.02. The highest BCUT2D eigenvalue weighted by Gasteiger charge is 2.23. The van der Waals surface area contributed by atoms with E-state index in [9.17, 15) is 0 Å². The van der Waals surface area contributed by atoms with Gasteiger partial charge in [0.05, 0.1) is 6.54 Å². The summed E-state index contributed by atoms with van der Waals surface area (Å²) in [5.74, 6) is 1.19. The molecule has 1 aromatic heterocycles. The van der Waals surface area contributed by atoms with Gasteiger partial charge < -0.3 is 9.47 Å². The zero-order valence-electron chi connectivity index (χ0n) is 12.0. The zero-order valence-corrected chi connectivity index (χ0v) is 12.0. The summed E-state index contributed by atoms with van der Waals surface area (Å²) >= 11 is 0. The average Bonchev–Trinajstić information content (AvgIpc) is 2.74. The van der Waals surface area contributed by atoms with E-state index in [0.29, 0.717) is 0 Å². The summed E-state index contributed by atoms with van der Waals surface area (Å²) in [6.07, 6.45) is 9.27. The number of hydrogen-bond donors (Lipinski definition) is 0. The van der Waals surface area contributed by atoms with Crippen LogP contribution in [0.1, 0.15) is 31.5 Å². The molecule has 0 radical (unpaired) electrons. The van der Waals surface area contributed by atoms with E-state index in [4.69, 9.17) is 0 Å². The number of nitrogens with zero attached hydrogens (tertiary/aromatic N) is 4. The van der Waals surface area contributed by atoms with Crippen LogP contribution in [-0.4, -0.2) is 52.6 Å². The lowest BCUT2D eigenvalue weighted by atomic mass is 9.99. The van der Waals surface area contributed by atoms with Crippen LogP contribution in [-0.2, 0) is 13.6 Å². The lowest BCUT2D eigenvalue weighted by Crippen LogP contribution is -2.41. The Morgan fingerprint density at radius 1 is 1.39 bits per heavy atom. The summed E-state index contributed by atoms with van der Waals surface area (Å²) in [4.78, 5) is 9.36. The third kappa shape index (κ3) is 3.56. The maximum absolute atomic E-state index is 4.45. The Labute approximate surface area is 111 Å². The minimum atomic E-state index is 0.734. The first kappa shape index (κ1) is 13.6. The van der Waals surface area contributed by atoms with Crippen molar-refractivity contribution in [2.45, 2.75) is 38.3 Å². The first-order valence-corrected chi connectivity index (χ1v) is 7.02. The van der Waals surface area contributed by atoms with Crippen LogP contribution < -0.4 is 0 Å². The summed E-state index contributed by atoms with van der Waals surface area (Å²) in [6, 6.07) is 0.734. The molecule has 2 heterocycles. The van der Waals surface area contributed by atoms with Crippen molar-refractivity contribution in [3.05, 3.63) is 18.2 Å². The number of aryl methyl sites for hydroxylation is 1. The van der Waals surface area contributed by atoms with Crippen molar-refractivity contribution in [2.75, 3.05) is 27.2 Å². The predicted molar refractivity (Wildman–Crippen MR) is 74.4 cm³/mol. The second-order valence-corrected chi connectivity index (χ2v) is 5.67. The molecule has 1 atom stereocenters. The Bertz CT molecular complexity index is 358. The van der Waals surface area contributed by atoms with Crippen molar-refractivity contribution in [2.24, 2.45) is 7.05 Å². The molecule has 102 valence electrons. The fraction of sp³-hybridized carbons (Fsp3) is 0.786. The van der Waals surface area contributed by atoms with Crippen LogP contribution in [0.5, 0.6) is 0 Å². The standard InChI is InChI=1S/C14H26N4/c1-16(2)10-7-13-6-4-5-9-18(13)12-14-15-8-11-17(14)3/h8,11,13H,4-7,9-10,12H2,1-3H3. The van der Waals surface area contributed by atoms with E-state index in [1.165, 1.54) is 44.6 Å². The number of aromatic nitrogens is 2. The van der Waals surface area contributed by atoms with E-state index >= 15 is 0 Å². The molecule has 4 nitrogen and oxygen atoms in total. The summed E-state index contributed by atoms with van der Waals surface area (Å²) in [6.45, 7) is 3.41. The first-order chi connectivity index (χ1) is 8.66. The van der Waals surface area contributed by atoms with Crippen molar-refractivity contribution in [1.29, 1.82) is 0 Å². The van der Waals surface area contributed by atoms with Crippen molar-refractivity contribution in [1.82, 2.24) is 19.4 Å². The Balaban J connectivity index is 1.93. The second-order valence-electron chi connectivity index (χ2n) is 5.67. The van der Waals surface area contributed by atoms with Gasteiger partial charge in [-0.2, -0.15) is 0 Å². The highest BCUT2D eigenvalue weighted by molar-refractivity contribution is 4.92. The minimum Gasteiger partial charge on any atom is -0.337 e. The molecule has 1 unspecified atom stereocenters. The molecule has 0 amide bonds. The summed E-state index contributed by atoms with van der Waals surface area (Å²) in [7, 11) is 6.40. The molecule has 0 N–H and O–H groups in total. The predicted octanol–water partition coefficient (Wildman–Crippen LogP) is 1.73. The maximum Gasteiger partial charge on any atom is 0.122 e. The minimum absolute atomic E-state index is 0.734. The van der Waals surface area contributed by atoms with Crippen LogP contribution >= 0.6 is 0 Å². The number of hydrogen-bond acceptors (Lipinski definition) is 3. The third-order valence-electron chi connectivity index (χ3n) is 3.92. The van der Waals surface area contributed by atoms with Gasteiger partial charge >= 0.3 is 0 Å². The van der Waals surface area contributed by atoms with Crippen LogP contribution in [0.3, 0.4) is 0 Å². The molecule has 0 aromatic carbocycles. The largest absolute Gasteiger partial charge is 0.337 e. The highest BCUT2D eigenvalue weighted by atomic mass is 15.2. The number of piperidine rings is 1. The maximum atomic E-state index is 4.45. The van der Waals surface area contributed by atoms with Gasteiger partial charge in [-0.05, 0) is 46.4 Å². The van der Waals surface area contributed by atoms with Gasteiger partial charge in [-0.25, -0.2) is 4.98 Å². The average molecular weight is 250 g/mol. The van der Waals surface area contributed by atoms with Gasteiger partial charge in [0.25, 0.3) is 0 Å². The van der Waals surface area contributed by atoms with Crippen molar-refractivity contribution in [3.63, 3.8) is 0 Å². The van der Waals surface area contributed by atoms with Gasteiger partial charge in [-0.3, -0.25) is 4.90 Å². The Morgan fingerprint density at radius 2 is 2.22 bits per heavy atom. The van der Waals surface area contributed by atoms with Gasteiger partial charge in [0.2, 0.25) is 0 Å². The molecule has 1 aliphatic rings. The lowest BCUT2D eigenvalue weighted by molar-refractivity contribution is 0.120. The van der Waals surface area contributed by atoms with E-state index in [0.717, 1.165) is 12.6 Å². The molecule has 1 aliphatic heterocycles. The second kappa shape index (κ2) is 6.34. The molecule has 1 aromatic rings. The molecule has 2 rings (SSSR count). The summed E-state index contributed by atoms with van der Waals surface area (Å²) in [5, 5.41) is 0. The molecular formula is C14H26N4. The molecule has 1 fully saturated rings. The van der Waals surface area contributed by atoms with Gasteiger partial charge in [0.15, 0.2) is 0 Å².